The van der Waals surface area contributed by atoms with Gasteiger partial charge in [0.15, 0.2) is 6.10 Å². The lowest BCUT2D eigenvalue weighted by Gasteiger charge is -2.28. The lowest BCUT2D eigenvalue weighted by molar-refractivity contribution is -0.870. The van der Waals surface area contributed by atoms with Crippen LogP contribution >= 0.6 is 7.82 Å². The molecule has 0 aromatic rings. The Hall–Kier alpha value is -1.77. The Bertz CT molecular complexity index is 1020. The minimum atomic E-state index is -4.63. The number of phosphoric ester groups is 1. The fourth-order valence-corrected chi connectivity index (χ4v) is 6.41. The van der Waals surface area contributed by atoms with Gasteiger partial charge in [0.05, 0.1) is 27.7 Å². The van der Waals surface area contributed by atoms with Crippen molar-refractivity contribution >= 4 is 19.8 Å². The molecule has 0 aliphatic rings. The Kier molecular flexibility index (Phi) is 35.6. The number of ether oxygens (including phenoxy) is 2. The highest BCUT2D eigenvalue weighted by molar-refractivity contribution is 7.45. The molecule has 0 rings (SSSR count). The molecule has 54 heavy (non-hydrogen) atoms. The average Bonchev–Trinajstić information content (AvgIpc) is 3.12. The van der Waals surface area contributed by atoms with Gasteiger partial charge in [0.25, 0.3) is 7.82 Å². The molecule has 0 fully saturated rings. The summed E-state index contributed by atoms with van der Waals surface area (Å²) in [5.74, 6) is -0.876. The molecule has 0 radical (unpaired) electrons. The standard InChI is InChI=1S/C44H82NO8P/c1-6-8-10-12-14-16-18-20-22-24-26-28-30-32-34-36-43(46)50-40-42(41-52-54(48,49)51-39-38-45(3,4)5)53-44(47)37-35-33-31-29-27-25-23-21-19-17-15-13-11-9-7-2/h15,17,21,23,26,28,42H,6-14,16,18-20,22,24-25,27,29-41H2,1-5H3/b17-15+,23-21+,28-26+/t42-/m1/s1. The second kappa shape index (κ2) is 36.8. The number of carbonyl (C=O) groups is 2. The maximum absolute atomic E-state index is 12.6. The number of allylic oxidation sites excluding steroid dienone is 6. The Morgan fingerprint density at radius 3 is 1.56 bits per heavy atom. The van der Waals surface area contributed by atoms with E-state index in [4.69, 9.17) is 18.5 Å². The van der Waals surface area contributed by atoms with Crippen LogP contribution in [0, 0.1) is 0 Å². The van der Waals surface area contributed by atoms with Gasteiger partial charge < -0.3 is 27.9 Å². The molecule has 10 heteroatoms. The normalized spacial score (nSPS) is 14.0. The number of unbranched alkanes of at least 4 members (excludes halogenated alkanes) is 19. The number of hydrogen-bond donors (Lipinski definition) is 0. The molecule has 0 amide bonds. The highest BCUT2D eigenvalue weighted by Gasteiger charge is 2.21. The molecule has 9 nitrogen and oxygen atoms in total. The van der Waals surface area contributed by atoms with Gasteiger partial charge in [0, 0.05) is 12.8 Å². The number of rotatable bonds is 39. The second-order valence-corrected chi connectivity index (χ2v) is 17.1. The summed E-state index contributed by atoms with van der Waals surface area (Å²) in [5.41, 5.74) is 0. The van der Waals surface area contributed by atoms with E-state index in [0.29, 0.717) is 23.9 Å². The first-order chi connectivity index (χ1) is 26.0. The molecule has 0 saturated carbocycles. The predicted molar refractivity (Wildman–Crippen MR) is 222 cm³/mol. The quantitative estimate of drug-likeness (QED) is 0.0199. The summed E-state index contributed by atoms with van der Waals surface area (Å²) < 4.78 is 33.8. The monoisotopic (exact) mass is 784 g/mol. The van der Waals surface area contributed by atoms with Crippen molar-refractivity contribution in [1.82, 2.24) is 0 Å². The summed E-state index contributed by atoms with van der Waals surface area (Å²) in [5, 5.41) is 0. The van der Waals surface area contributed by atoms with Gasteiger partial charge in [-0.05, 0) is 70.6 Å². The van der Waals surface area contributed by atoms with Gasteiger partial charge in [0.2, 0.25) is 0 Å². The van der Waals surface area contributed by atoms with Crippen LogP contribution in [-0.2, 0) is 32.7 Å². The molecule has 2 atom stereocenters. The van der Waals surface area contributed by atoms with Crippen molar-refractivity contribution in [3.05, 3.63) is 36.5 Å². The van der Waals surface area contributed by atoms with E-state index >= 15 is 0 Å². The van der Waals surface area contributed by atoms with Crippen molar-refractivity contribution in [1.29, 1.82) is 0 Å². The molecule has 0 saturated heterocycles. The van der Waals surface area contributed by atoms with Crippen LogP contribution in [0.5, 0.6) is 0 Å². The molecule has 0 aliphatic heterocycles. The van der Waals surface area contributed by atoms with Crippen LogP contribution in [0.3, 0.4) is 0 Å². The van der Waals surface area contributed by atoms with Crippen molar-refractivity contribution in [2.45, 2.75) is 187 Å². The molecular formula is C44H82NO8P. The molecule has 1 unspecified atom stereocenters. The smallest absolute Gasteiger partial charge is 0.306 e. The summed E-state index contributed by atoms with van der Waals surface area (Å²) >= 11 is 0. The van der Waals surface area contributed by atoms with E-state index in [1.54, 1.807) is 0 Å². The first kappa shape index (κ1) is 52.2. The van der Waals surface area contributed by atoms with Gasteiger partial charge in [0.1, 0.15) is 19.8 Å². The lowest BCUT2D eigenvalue weighted by Crippen LogP contribution is -2.37. The van der Waals surface area contributed by atoms with Crippen molar-refractivity contribution in [2.75, 3.05) is 47.5 Å². The molecule has 0 aliphatic carbocycles. The third-order valence-electron chi connectivity index (χ3n) is 9.13. The predicted octanol–water partition coefficient (Wildman–Crippen LogP) is 11.5. The molecule has 0 aromatic carbocycles. The summed E-state index contributed by atoms with van der Waals surface area (Å²) in [4.78, 5) is 37.5. The zero-order chi connectivity index (χ0) is 40.0. The van der Waals surface area contributed by atoms with E-state index in [1.165, 1.54) is 83.5 Å². The van der Waals surface area contributed by atoms with Gasteiger partial charge in [-0.25, -0.2) is 0 Å². The van der Waals surface area contributed by atoms with Gasteiger partial charge in [-0.1, -0.05) is 134 Å². The molecular weight excluding hydrogens is 701 g/mol. The van der Waals surface area contributed by atoms with Crippen LogP contribution in [0.25, 0.3) is 0 Å². The van der Waals surface area contributed by atoms with E-state index in [1.807, 2.05) is 21.1 Å². The largest absolute Gasteiger partial charge is 0.756 e. The third kappa shape index (κ3) is 39.9. The van der Waals surface area contributed by atoms with Crippen LogP contribution in [0.15, 0.2) is 36.5 Å². The summed E-state index contributed by atoms with van der Waals surface area (Å²) in [6, 6.07) is 0. The topological polar surface area (TPSA) is 111 Å². The van der Waals surface area contributed by atoms with E-state index in [9.17, 15) is 19.0 Å². The maximum atomic E-state index is 12.6. The first-order valence-corrected chi connectivity index (χ1v) is 23.2. The molecule has 0 N–H and O–H groups in total. The molecule has 0 aromatic heterocycles. The van der Waals surface area contributed by atoms with Gasteiger partial charge in [-0.2, -0.15) is 0 Å². The van der Waals surface area contributed by atoms with Crippen molar-refractivity contribution in [3.63, 3.8) is 0 Å². The van der Waals surface area contributed by atoms with Crippen molar-refractivity contribution in [2.24, 2.45) is 0 Å². The van der Waals surface area contributed by atoms with Gasteiger partial charge >= 0.3 is 11.9 Å². The number of quaternary nitrogens is 1. The van der Waals surface area contributed by atoms with Crippen molar-refractivity contribution < 1.29 is 42.1 Å². The second-order valence-electron chi connectivity index (χ2n) is 15.7. The Balaban J connectivity index is 4.42. The molecule has 0 bridgehead atoms. The van der Waals surface area contributed by atoms with Crippen LogP contribution in [0.1, 0.15) is 181 Å². The Labute approximate surface area is 331 Å². The highest BCUT2D eigenvalue weighted by atomic mass is 31.2. The fraction of sp³-hybridized carbons (Fsp3) is 0.818. The Morgan fingerprint density at radius 2 is 1.00 bits per heavy atom. The average molecular weight is 784 g/mol. The third-order valence-corrected chi connectivity index (χ3v) is 10.1. The number of carbonyl (C=O) groups excluding carboxylic acids is 2. The number of likely N-dealkylation sites (N-methyl/N-ethyl adjacent to an activating group) is 1. The minimum absolute atomic E-state index is 0.0367. The molecule has 0 heterocycles. The van der Waals surface area contributed by atoms with Gasteiger partial charge in [-0.15, -0.1) is 0 Å². The van der Waals surface area contributed by atoms with Gasteiger partial charge in [-0.3, -0.25) is 14.2 Å². The number of esters is 2. The highest BCUT2D eigenvalue weighted by Crippen LogP contribution is 2.38. The van der Waals surface area contributed by atoms with E-state index in [0.717, 1.165) is 57.8 Å². The van der Waals surface area contributed by atoms with E-state index in [2.05, 4.69) is 50.3 Å². The van der Waals surface area contributed by atoms with E-state index in [-0.39, 0.29) is 26.1 Å². The van der Waals surface area contributed by atoms with Crippen molar-refractivity contribution in [3.8, 4) is 0 Å². The summed E-state index contributed by atoms with van der Waals surface area (Å²) in [7, 11) is 1.14. The summed E-state index contributed by atoms with van der Waals surface area (Å²) in [6.45, 7) is 4.16. The zero-order valence-electron chi connectivity index (χ0n) is 35.4. The lowest BCUT2D eigenvalue weighted by atomic mass is 10.1. The van der Waals surface area contributed by atoms with Crippen LogP contribution in [0.4, 0.5) is 0 Å². The fourth-order valence-electron chi connectivity index (χ4n) is 5.68. The zero-order valence-corrected chi connectivity index (χ0v) is 36.3. The summed E-state index contributed by atoms with van der Waals surface area (Å²) in [6.07, 6.45) is 40.3. The maximum Gasteiger partial charge on any atom is 0.306 e. The van der Waals surface area contributed by atoms with E-state index < -0.39 is 32.5 Å². The van der Waals surface area contributed by atoms with Crippen LogP contribution in [-0.4, -0.2) is 70.0 Å². The minimum Gasteiger partial charge on any atom is -0.756 e. The molecule has 0 spiro atoms. The SMILES string of the molecule is CCCCC/C=C/C/C=C/CCCCCCCC(=O)O[C@H](COC(=O)CCCC/C=C/CCCCCCCCCCC)COP(=O)([O-])OCC[N+](C)(C)C. The first-order valence-electron chi connectivity index (χ1n) is 21.7. The van der Waals surface area contributed by atoms with Crippen LogP contribution < -0.4 is 4.89 Å². The van der Waals surface area contributed by atoms with Crippen LogP contribution in [0.2, 0.25) is 0 Å². The molecule has 316 valence electrons. The number of phosphoric acid groups is 1. The Morgan fingerprint density at radius 1 is 0.574 bits per heavy atom. The number of hydrogen-bond acceptors (Lipinski definition) is 8. The number of nitrogens with zero attached hydrogens (tertiary/aromatic N) is 1.